The summed E-state index contributed by atoms with van der Waals surface area (Å²) >= 11 is 0. The molecule has 20 heavy (non-hydrogen) atoms. The van der Waals surface area contributed by atoms with Crippen molar-refractivity contribution in [3.63, 3.8) is 0 Å². The molecule has 1 amide bonds. The van der Waals surface area contributed by atoms with Gasteiger partial charge in [0.2, 0.25) is 0 Å². The topological polar surface area (TPSA) is 95.9 Å². The van der Waals surface area contributed by atoms with Crippen molar-refractivity contribution >= 4 is 12.1 Å². The van der Waals surface area contributed by atoms with Gasteiger partial charge in [-0.2, -0.15) is 0 Å². The van der Waals surface area contributed by atoms with Crippen LogP contribution >= 0.6 is 0 Å². The van der Waals surface area contributed by atoms with Gasteiger partial charge in [-0.3, -0.25) is 4.79 Å². The van der Waals surface area contributed by atoms with E-state index in [-0.39, 0.29) is 0 Å². The van der Waals surface area contributed by atoms with Gasteiger partial charge in [-0.25, -0.2) is 4.79 Å². The summed E-state index contributed by atoms with van der Waals surface area (Å²) in [7, 11) is 0. The zero-order valence-corrected chi connectivity index (χ0v) is 12.1. The summed E-state index contributed by atoms with van der Waals surface area (Å²) in [5.41, 5.74) is 0.575. The van der Waals surface area contributed by atoms with Crippen LogP contribution in [0.3, 0.4) is 0 Å². The monoisotopic (exact) mass is 283 g/mol. The van der Waals surface area contributed by atoms with Gasteiger partial charge >= 0.3 is 12.1 Å². The molecular weight excluding hydrogens is 262 g/mol. The number of rotatable bonds is 2. The van der Waals surface area contributed by atoms with E-state index in [2.05, 4.69) is 5.32 Å². The summed E-state index contributed by atoms with van der Waals surface area (Å²) in [6, 6.07) is 7.09. The smallest absolute Gasteiger partial charge is 0.408 e. The Labute approximate surface area is 118 Å². The molecule has 6 nitrogen and oxygen atoms in total. The molecule has 0 bridgehead atoms. The lowest BCUT2D eigenvalue weighted by Gasteiger charge is -2.19. The molecule has 0 aliphatic rings. The number of nitrogens with one attached hydrogen (secondary N) is 1. The summed E-state index contributed by atoms with van der Waals surface area (Å²) in [4.78, 5) is 20.8. The largest absolute Gasteiger partial charge is 0.508 e. The van der Waals surface area contributed by atoms with E-state index in [0.29, 0.717) is 5.75 Å². The lowest BCUT2D eigenvalue weighted by atomic mass is 10.2. The fourth-order valence-corrected chi connectivity index (χ4v) is 1.01. The number of ether oxygens (including phenoxy) is 1. The Morgan fingerprint density at radius 3 is 2.05 bits per heavy atom. The number of phenolic OH excluding ortho intramolecular Hbond substituents is 1. The van der Waals surface area contributed by atoms with Crippen molar-refractivity contribution in [3.05, 3.63) is 29.8 Å². The highest BCUT2D eigenvalue weighted by Gasteiger charge is 2.16. The van der Waals surface area contributed by atoms with E-state index >= 15 is 0 Å². The number of aliphatic carboxylic acids is 1. The molecule has 0 fully saturated rings. The number of aryl methyl sites for hydroxylation is 1. The Hall–Kier alpha value is -2.24. The summed E-state index contributed by atoms with van der Waals surface area (Å²) in [6.07, 6.45) is -0.718. The first-order valence-corrected chi connectivity index (χ1v) is 6.04. The van der Waals surface area contributed by atoms with Gasteiger partial charge in [0.15, 0.2) is 0 Å². The normalized spacial score (nSPS) is 10.0. The number of carbonyl (C=O) groups is 2. The van der Waals surface area contributed by atoms with Crippen LogP contribution in [-0.4, -0.2) is 34.4 Å². The van der Waals surface area contributed by atoms with Crippen molar-refractivity contribution in [1.82, 2.24) is 5.32 Å². The van der Waals surface area contributed by atoms with E-state index in [9.17, 15) is 9.59 Å². The molecule has 112 valence electrons. The molecule has 6 heteroatoms. The average molecular weight is 283 g/mol. The maximum absolute atomic E-state index is 10.8. The van der Waals surface area contributed by atoms with E-state index in [1.165, 1.54) is 5.56 Å². The molecule has 0 atom stereocenters. The molecule has 3 N–H and O–H groups in total. The maximum atomic E-state index is 10.8. The summed E-state index contributed by atoms with van der Waals surface area (Å²) < 4.78 is 4.77. The van der Waals surface area contributed by atoms with Gasteiger partial charge in [-0.15, -0.1) is 0 Å². The van der Waals surface area contributed by atoms with E-state index in [4.69, 9.17) is 14.9 Å². The third-order valence-corrected chi connectivity index (χ3v) is 1.82. The molecular formula is C14H21NO5. The Morgan fingerprint density at radius 1 is 1.20 bits per heavy atom. The minimum atomic E-state index is -1.10. The van der Waals surface area contributed by atoms with E-state index in [0.717, 1.165) is 0 Å². The van der Waals surface area contributed by atoms with Crippen molar-refractivity contribution in [1.29, 1.82) is 0 Å². The third kappa shape index (κ3) is 10.9. The number of alkyl carbamates (subject to hydrolysis) is 1. The van der Waals surface area contributed by atoms with Crippen LogP contribution in [0.25, 0.3) is 0 Å². The molecule has 0 aliphatic carbocycles. The first-order valence-electron chi connectivity index (χ1n) is 6.04. The predicted octanol–water partition coefficient (Wildman–Crippen LogP) is 2.30. The zero-order chi connectivity index (χ0) is 15.8. The van der Waals surface area contributed by atoms with Crippen LogP contribution in [0.1, 0.15) is 26.3 Å². The SMILES string of the molecule is CC(C)(C)OC(=O)NCC(=O)O.Cc1ccc(O)cc1. The Morgan fingerprint density at radius 2 is 1.70 bits per heavy atom. The van der Waals surface area contributed by atoms with E-state index in [1.807, 2.05) is 19.1 Å². The van der Waals surface area contributed by atoms with Gasteiger partial charge < -0.3 is 20.3 Å². The molecule has 1 rings (SSSR count). The van der Waals surface area contributed by atoms with Crippen molar-refractivity contribution in [2.75, 3.05) is 6.54 Å². The highest BCUT2D eigenvalue weighted by Crippen LogP contribution is 2.07. The lowest BCUT2D eigenvalue weighted by Crippen LogP contribution is -2.35. The number of hydrogen-bond acceptors (Lipinski definition) is 4. The van der Waals surface area contributed by atoms with Crippen LogP contribution in [0, 0.1) is 6.92 Å². The number of carboxylic acid groups (broad SMARTS) is 1. The highest BCUT2D eigenvalue weighted by molar-refractivity contribution is 5.76. The second-order valence-corrected chi connectivity index (χ2v) is 5.08. The highest BCUT2D eigenvalue weighted by atomic mass is 16.6. The molecule has 0 aromatic heterocycles. The molecule has 0 unspecified atom stereocenters. The first-order chi connectivity index (χ1) is 9.10. The second kappa shape index (κ2) is 8.04. The van der Waals surface area contributed by atoms with Crippen molar-refractivity contribution in [2.24, 2.45) is 0 Å². The summed E-state index contributed by atoms with van der Waals surface area (Å²) in [5, 5.41) is 19.0. The Balaban J connectivity index is 0.000000388. The standard InChI is InChI=1S/C7H13NO4.C7H8O/c1-7(2,3)12-6(11)8-4-5(9)10;1-6-2-4-7(8)5-3-6/h4H2,1-3H3,(H,8,11)(H,9,10);2-5,8H,1H3. The maximum Gasteiger partial charge on any atom is 0.408 e. The zero-order valence-electron chi connectivity index (χ0n) is 12.1. The number of hydrogen-bond donors (Lipinski definition) is 3. The third-order valence-electron chi connectivity index (χ3n) is 1.82. The minimum absolute atomic E-state index is 0.329. The summed E-state index contributed by atoms with van der Waals surface area (Å²) in [5.74, 6) is -0.767. The predicted molar refractivity (Wildman–Crippen MR) is 74.7 cm³/mol. The van der Waals surface area contributed by atoms with Crippen molar-refractivity contribution in [3.8, 4) is 5.75 Å². The van der Waals surface area contributed by atoms with Crippen LogP contribution in [0.4, 0.5) is 4.79 Å². The van der Waals surface area contributed by atoms with Gasteiger partial charge in [0, 0.05) is 0 Å². The number of carboxylic acids is 1. The van der Waals surface area contributed by atoms with Gasteiger partial charge in [0.05, 0.1) is 0 Å². The molecule has 0 aliphatic heterocycles. The Kier molecular flexibility index (Phi) is 7.14. The minimum Gasteiger partial charge on any atom is -0.508 e. The average Bonchev–Trinajstić information content (AvgIpc) is 2.29. The van der Waals surface area contributed by atoms with Crippen LogP contribution in [0.15, 0.2) is 24.3 Å². The second-order valence-electron chi connectivity index (χ2n) is 5.08. The number of benzene rings is 1. The molecule has 0 heterocycles. The lowest BCUT2D eigenvalue weighted by molar-refractivity contribution is -0.136. The Bertz CT molecular complexity index is 413. The van der Waals surface area contributed by atoms with Gasteiger partial charge in [-0.05, 0) is 39.8 Å². The number of aromatic hydroxyl groups is 1. The van der Waals surface area contributed by atoms with Crippen LogP contribution < -0.4 is 5.32 Å². The van der Waals surface area contributed by atoms with Gasteiger partial charge in [0.1, 0.15) is 17.9 Å². The summed E-state index contributed by atoms with van der Waals surface area (Å²) in [6.45, 7) is 6.67. The van der Waals surface area contributed by atoms with Crippen LogP contribution in [-0.2, 0) is 9.53 Å². The molecule has 0 spiro atoms. The van der Waals surface area contributed by atoms with Crippen molar-refractivity contribution in [2.45, 2.75) is 33.3 Å². The van der Waals surface area contributed by atoms with E-state index in [1.54, 1.807) is 32.9 Å². The van der Waals surface area contributed by atoms with Gasteiger partial charge in [-0.1, -0.05) is 17.7 Å². The molecule has 1 aromatic rings. The molecule has 0 radical (unpaired) electrons. The van der Waals surface area contributed by atoms with Crippen LogP contribution in [0.5, 0.6) is 5.75 Å². The first kappa shape index (κ1) is 17.8. The number of amides is 1. The molecule has 0 saturated carbocycles. The van der Waals surface area contributed by atoms with Crippen molar-refractivity contribution < 1.29 is 24.5 Å². The molecule has 1 aromatic carbocycles. The fraction of sp³-hybridized carbons (Fsp3) is 0.429. The van der Waals surface area contributed by atoms with Crippen LogP contribution in [0.2, 0.25) is 0 Å². The van der Waals surface area contributed by atoms with Gasteiger partial charge in [0.25, 0.3) is 0 Å². The van der Waals surface area contributed by atoms with E-state index < -0.39 is 24.2 Å². The number of phenols is 1. The fourth-order valence-electron chi connectivity index (χ4n) is 1.01. The molecule has 0 saturated heterocycles. The quantitative estimate of drug-likeness (QED) is 0.774. The number of carbonyl (C=O) groups excluding carboxylic acids is 1.